The maximum atomic E-state index is 13.1. The number of hydrogen-bond donors (Lipinski definition) is 3. The minimum Gasteiger partial charge on any atom is -0.481 e. The molecule has 180 valence electrons. The number of carbonyl (C=O) groups is 4. The van der Waals surface area contributed by atoms with Crippen molar-refractivity contribution in [3.63, 3.8) is 0 Å². The number of esters is 1. The molecule has 0 bridgehead atoms. The van der Waals surface area contributed by atoms with Crippen molar-refractivity contribution < 1.29 is 39.2 Å². The van der Waals surface area contributed by atoms with Crippen molar-refractivity contribution in [2.45, 2.75) is 70.5 Å². The Balaban J connectivity index is 1.53. The molecule has 4 aliphatic carbocycles. The molecule has 0 aromatic heterocycles. The molecule has 0 aliphatic heterocycles. The second-order valence-electron chi connectivity index (χ2n) is 10.6. The summed E-state index contributed by atoms with van der Waals surface area (Å²) in [6, 6.07) is 0. The second kappa shape index (κ2) is 8.17. The van der Waals surface area contributed by atoms with Crippen LogP contribution >= 0.6 is 0 Å². The predicted octanol–water partition coefficient (Wildman–Crippen LogP) is 1.97. The molecule has 0 heterocycles. The van der Waals surface area contributed by atoms with Gasteiger partial charge in [0.25, 0.3) is 0 Å². The predicted molar refractivity (Wildman–Crippen MR) is 116 cm³/mol. The van der Waals surface area contributed by atoms with Crippen molar-refractivity contribution in [3.8, 4) is 0 Å². The Bertz CT molecular complexity index is 950. The molecule has 3 saturated carbocycles. The van der Waals surface area contributed by atoms with E-state index in [4.69, 9.17) is 9.84 Å². The summed E-state index contributed by atoms with van der Waals surface area (Å²) in [7, 11) is 0. The van der Waals surface area contributed by atoms with Crippen molar-refractivity contribution >= 4 is 23.5 Å². The van der Waals surface area contributed by atoms with Crippen LogP contribution in [0, 0.1) is 28.6 Å². The van der Waals surface area contributed by atoms with E-state index in [2.05, 4.69) is 6.92 Å². The molecule has 0 radical (unpaired) electrons. The maximum absolute atomic E-state index is 13.1. The quantitative estimate of drug-likeness (QED) is 0.512. The highest BCUT2D eigenvalue weighted by atomic mass is 16.5. The third kappa shape index (κ3) is 3.67. The lowest BCUT2D eigenvalue weighted by molar-refractivity contribution is -0.181. The Hall–Kier alpha value is -2.32. The number of aliphatic hydroxyl groups is 2. The van der Waals surface area contributed by atoms with Crippen LogP contribution in [-0.2, 0) is 23.9 Å². The van der Waals surface area contributed by atoms with E-state index in [1.807, 2.05) is 13.0 Å². The Morgan fingerprint density at radius 2 is 1.91 bits per heavy atom. The standard InChI is InChI=1S/C25H32O8/c1-23-9-7-15(26)11-14(23)3-4-16-17-8-10-25(32,24(17,2)12-18(27)22(16)23)19(28)13-33-21(31)6-5-20(29)30/h7,9,11,16-18,22,27,32H,3-6,8,10,12-13H2,1-2H3,(H,29,30)/t16?,17?,18-,22?,23+,24+,25+/m1/s1. The van der Waals surface area contributed by atoms with Gasteiger partial charge in [-0.25, -0.2) is 0 Å². The smallest absolute Gasteiger partial charge is 0.306 e. The minimum absolute atomic E-state index is 0.00645. The van der Waals surface area contributed by atoms with Gasteiger partial charge in [-0.05, 0) is 56.1 Å². The van der Waals surface area contributed by atoms with E-state index in [1.165, 1.54) is 0 Å². The molecule has 0 aromatic rings. The molecule has 7 atom stereocenters. The summed E-state index contributed by atoms with van der Waals surface area (Å²) in [6.07, 6.45) is 6.27. The summed E-state index contributed by atoms with van der Waals surface area (Å²) in [5.74, 6) is -2.58. The zero-order valence-electron chi connectivity index (χ0n) is 19.1. The first kappa shape index (κ1) is 23.8. The number of Topliss-reactive ketones (excluding diaryl/α,β-unsaturated/α-hetero) is 1. The Labute approximate surface area is 192 Å². The van der Waals surface area contributed by atoms with Crippen molar-refractivity contribution in [1.82, 2.24) is 0 Å². The SMILES string of the molecule is C[C@]12C=CC(=O)C=C1CCC1C2[C@H](O)C[C@@]2(C)C1CC[C@]2(O)C(=O)COC(=O)CCC(=O)O. The molecule has 3 N–H and O–H groups in total. The average molecular weight is 461 g/mol. The van der Waals surface area contributed by atoms with Gasteiger partial charge in [0.05, 0.1) is 18.9 Å². The van der Waals surface area contributed by atoms with Crippen LogP contribution in [0.15, 0.2) is 23.8 Å². The number of allylic oxidation sites excluding steroid dienone is 4. The van der Waals surface area contributed by atoms with Gasteiger partial charge in [0.2, 0.25) is 5.78 Å². The van der Waals surface area contributed by atoms with E-state index in [0.29, 0.717) is 6.42 Å². The highest BCUT2D eigenvalue weighted by molar-refractivity contribution is 6.01. The van der Waals surface area contributed by atoms with Crippen LogP contribution in [0.3, 0.4) is 0 Å². The number of hydrogen-bond acceptors (Lipinski definition) is 7. The number of rotatable bonds is 6. The first-order valence-corrected chi connectivity index (χ1v) is 11.7. The first-order valence-electron chi connectivity index (χ1n) is 11.7. The average Bonchev–Trinajstić information content (AvgIpc) is 3.02. The minimum atomic E-state index is -1.73. The van der Waals surface area contributed by atoms with Crippen LogP contribution in [0.5, 0.6) is 0 Å². The van der Waals surface area contributed by atoms with Gasteiger partial charge < -0.3 is 20.1 Å². The van der Waals surface area contributed by atoms with Gasteiger partial charge in [0.1, 0.15) is 5.60 Å². The number of fused-ring (bicyclic) bond motifs is 5. The first-order chi connectivity index (χ1) is 15.4. The lowest BCUT2D eigenvalue weighted by atomic mass is 9.46. The van der Waals surface area contributed by atoms with E-state index in [1.54, 1.807) is 12.2 Å². The van der Waals surface area contributed by atoms with Crippen molar-refractivity contribution in [3.05, 3.63) is 23.8 Å². The molecule has 33 heavy (non-hydrogen) atoms. The zero-order chi connectivity index (χ0) is 24.2. The Morgan fingerprint density at radius 3 is 2.61 bits per heavy atom. The fraction of sp³-hybridized carbons (Fsp3) is 0.680. The summed E-state index contributed by atoms with van der Waals surface area (Å²) in [5.41, 5.74) is -1.99. The molecule has 0 aromatic carbocycles. The van der Waals surface area contributed by atoms with Crippen LogP contribution in [0.4, 0.5) is 0 Å². The summed E-state index contributed by atoms with van der Waals surface area (Å²) < 4.78 is 4.96. The topological polar surface area (TPSA) is 138 Å². The third-order valence-electron chi connectivity index (χ3n) is 9.02. The Kier molecular flexibility index (Phi) is 5.90. The summed E-state index contributed by atoms with van der Waals surface area (Å²) in [5, 5.41) is 31.6. The van der Waals surface area contributed by atoms with E-state index < -0.39 is 46.9 Å². The van der Waals surface area contributed by atoms with Crippen LogP contribution in [-0.4, -0.2) is 57.1 Å². The Morgan fingerprint density at radius 1 is 1.18 bits per heavy atom. The number of carboxylic acid groups (broad SMARTS) is 1. The van der Waals surface area contributed by atoms with Crippen LogP contribution in [0.1, 0.15) is 58.8 Å². The van der Waals surface area contributed by atoms with Crippen molar-refractivity contribution in [2.75, 3.05) is 6.61 Å². The van der Waals surface area contributed by atoms with Gasteiger partial charge in [-0.15, -0.1) is 0 Å². The molecule has 3 unspecified atom stereocenters. The molecule has 4 rings (SSSR count). The normalized spacial score (nSPS) is 41.5. The molecule has 0 spiro atoms. The number of carboxylic acids is 1. The summed E-state index contributed by atoms with van der Waals surface area (Å²) in [4.78, 5) is 47.4. The number of aliphatic carboxylic acids is 1. The molecule has 4 aliphatic rings. The van der Waals surface area contributed by atoms with Gasteiger partial charge in [-0.1, -0.05) is 25.5 Å². The van der Waals surface area contributed by atoms with Gasteiger partial charge in [0, 0.05) is 16.7 Å². The fourth-order valence-corrected chi connectivity index (χ4v) is 7.34. The molecule has 8 nitrogen and oxygen atoms in total. The zero-order valence-corrected chi connectivity index (χ0v) is 19.1. The lowest BCUT2D eigenvalue weighted by Crippen LogP contribution is -2.61. The molecular formula is C25H32O8. The molecular weight excluding hydrogens is 428 g/mol. The second-order valence-corrected chi connectivity index (χ2v) is 10.6. The molecule has 8 heteroatoms. The van der Waals surface area contributed by atoms with E-state index >= 15 is 0 Å². The molecule has 0 amide bonds. The van der Waals surface area contributed by atoms with Gasteiger partial charge in [-0.2, -0.15) is 0 Å². The van der Waals surface area contributed by atoms with Crippen LogP contribution in [0.2, 0.25) is 0 Å². The van der Waals surface area contributed by atoms with Gasteiger partial charge >= 0.3 is 11.9 Å². The molecule has 0 saturated heterocycles. The summed E-state index contributed by atoms with van der Waals surface area (Å²) in [6.45, 7) is 3.30. The number of carbonyl (C=O) groups excluding carboxylic acids is 3. The number of ketones is 2. The monoisotopic (exact) mass is 460 g/mol. The third-order valence-corrected chi connectivity index (χ3v) is 9.02. The highest BCUT2D eigenvalue weighted by Gasteiger charge is 2.68. The van der Waals surface area contributed by atoms with Crippen LogP contribution in [0.25, 0.3) is 0 Å². The maximum Gasteiger partial charge on any atom is 0.306 e. The highest BCUT2D eigenvalue weighted by Crippen LogP contribution is 2.67. The lowest BCUT2D eigenvalue weighted by Gasteiger charge is -2.59. The van der Waals surface area contributed by atoms with E-state index in [0.717, 1.165) is 18.4 Å². The van der Waals surface area contributed by atoms with Crippen molar-refractivity contribution in [1.29, 1.82) is 0 Å². The molecule has 3 fully saturated rings. The largest absolute Gasteiger partial charge is 0.481 e. The van der Waals surface area contributed by atoms with Crippen LogP contribution < -0.4 is 0 Å². The van der Waals surface area contributed by atoms with Gasteiger partial charge in [-0.3, -0.25) is 19.2 Å². The fourth-order valence-electron chi connectivity index (χ4n) is 7.34. The van der Waals surface area contributed by atoms with Crippen molar-refractivity contribution in [2.24, 2.45) is 28.6 Å². The van der Waals surface area contributed by atoms with E-state index in [-0.39, 0.29) is 49.2 Å². The summed E-state index contributed by atoms with van der Waals surface area (Å²) >= 11 is 0. The number of aliphatic hydroxyl groups excluding tert-OH is 1. The van der Waals surface area contributed by atoms with E-state index in [9.17, 15) is 29.4 Å². The van der Waals surface area contributed by atoms with Gasteiger partial charge in [0.15, 0.2) is 12.4 Å². The number of ether oxygens (including phenoxy) is 1.